The summed E-state index contributed by atoms with van der Waals surface area (Å²) in [6.07, 6.45) is 3.34. The molecule has 1 unspecified atom stereocenters. The number of carbonyl (C=O) groups is 1. The van der Waals surface area contributed by atoms with Crippen molar-refractivity contribution in [3.63, 3.8) is 0 Å². The molecule has 130 valence electrons. The van der Waals surface area contributed by atoms with Crippen LogP contribution in [-0.2, 0) is 16.1 Å². The normalized spacial score (nSPS) is 18.9. The van der Waals surface area contributed by atoms with Gasteiger partial charge in [0.05, 0.1) is 11.3 Å². The molecule has 0 saturated heterocycles. The number of aryl methyl sites for hydroxylation is 1. The second-order valence-corrected chi connectivity index (χ2v) is 6.15. The Kier molecular flexibility index (Phi) is 6.59. The van der Waals surface area contributed by atoms with E-state index in [1.54, 1.807) is 0 Å². The van der Waals surface area contributed by atoms with E-state index in [1.165, 1.54) is 5.56 Å². The Labute approximate surface area is 144 Å². The molecule has 0 bridgehead atoms. The molecule has 4 heteroatoms. The van der Waals surface area contributed by atoms with Crippen molar-refractivity contribution in [2.75, 3.05) is 6.61 Å². The second-order valence-electron chi connectivity index (χ2n) is 6.15. The van der Waals surface area contributed by atoms with Crippen molar-refractivity contribution in [2.45, 2.75) is 58.8 Å². The van der Waals surface area contributed by atoms with Crippen molar-refractivity contribution < 1.29 is 14.7 Å². The van der Waals surface area contributed by atoms with Gasteiger partial charge in [0.1, 0.15) is 12.4 Å². The van der Waals surface area contributed by atoms with Gasteiger partial charge in [0.15, 0.2) is 5.78 Å². The lowest BCUT2D eigenvalue weighted by Gasteiger charge is -2.24. The molecule has 0 saturated carbocycles. The van der Waals surface area contributed by atoms with Crippen molar-refractivity contribution >= 4 is 11.5 Å². The van der Waals surface area contributed by atoms with Gasteiger partial charge >= 0.3 is 0 Å². The van der Waals surface area contributed by atoms with Crippen LogP contribution in [0.2, 0.25) is 0 Å². The topological polar surface area (TPSA) is 58.9 Å². The van der Waals surface area contributed by atoms with Crippen molar-refractivity contribution in [1.82, 2.24) is 0 Å². The Morgan fingerprint density at radius 2 is 1.92 bits per heavy atom. The van der Waals surface area contributed by atoms with Gasteiger partial charge in [0.25, 0.3) is 0 Å². The molecule has 0 aliphatic heterocycles. The summed E-state index contributed by atoms with van der Waals surface area (Å²) in [5.74, 6) is 0.125. The van der Waals surface area contributed by atoms with Gasteiger partial charge in [-0.2, -0.15) is 0 Å². The molecule has 0 spiro atoms. The summed E-state index contributed by atoms with van der Waals surface area (Å²) in [6.45, 7) is 6.43. The fourth-order valence-electron chi connectivity index (χ4n) is 3.08. The number of rotatable bonds is 7. The molecule has 1 aromatic carbocycles. The van der Waals surface area contributed by atoms with Crippen LogP contribution in [0.25, 0.3) is 0 Å². The first kappa shape index (κ1) is 18.2. The molecule has 1 N–H and O–H groups in total. The van der Waals surface area contributed by atoms with Gasteiger partial charge in [-0.15, -0.1) is 0 Å². The third-order valence-corrected chi connectivity index (χ3v) is 4.38. The largest absolute Gasteiger partial charge is 0.511 e. The number of Topliss-reactive ketones (excluding diaryl/α,β-unsaturated/α-hetero) is 1. The molecular weight excluding hydrogens is 302 g/mol. The predicted molar refractivity (Wildman–Crippen MR) is 96.4 cm³/mol. The zero-order valence-electron chi connectivity index (χ0n) is 14.8. The zero-order chi connectivity index (χ0) is 17.5. The first-order valence-electron chi connectivity index (χ1n) is 8.83. The van der Waals surface area contributed by atoms with Crippen LogP contribution in [-0.4, -0.2) is 23.2 Å². The number of allylic oxidation sites excluding steroid dienone is 2. The van der Waals surface area contributed by atoms with Gasteiger partial charge in [-0.05, 0) is 36.8 Å². The number of carbonyl (C=O) groups excluding carboxylic acids is 1. The van der Waals surface area contributed by atoms with Crippen molar-refractivity contribution in [3.05, 3.63) is 46.7 Å². The van der Waals surface area contributed by atoms with Crippen molar-refractivity contribution in [3.8, 4) is 0 Å². The van der Waals surface area contributed by atoms with E-state index in [0.29, 0.717) is 37.2 Å². The number of oxime groups is 1. The molecule has 0 fully saturated rings. The summed E-state index contributed by atoms with van der Waals surface area (Å²) < 4.78 is 0. The minimum Gasteiger partial charge on any atom is -0.511 e. The Morgan fingerprint density at radius 1 is 1.21 bits per heavy atom. The molecule has 0 aromatic heterocycles. The highest BCUT2D eigenvalue weighted by atomic mass is 16.6. The summed E-state index contributed by atoms with van der Waals surface area (Å²) in [5.41, 5.74) is 3.31. The molecule has 0 heterocycles. The standard InChI is InChI=1S/C20H27NO3/c1-4-7-17(21-24-6-3)20-18(22)12-16(13-19(20)23)15-10-8-14(5-2)9-11-15/h8-11,16,22H,4-7,12-13H2,1-3H3. The van der Waals surface area contributed by atoms with E-state index >= 15 is 0 Å². The number of ketones is 1. The average molecular weight is 329 g/mol. The maximum atomic E-state index is 12.6. The minimum absolute atomic E-state index is 0.0297. The summed E-state index contributed by atoms with van der Waals surface area (Å²) in [7, 11) is 0. The first-order valence-corrected chi connectivity index (χ1v) is 8.83. The summed E-state index contributed by atoms with van der Waals surface area (Å²) in [5, 5.41) is 14.5. The molecule has 0 amide bonds. The van der Waals surface area contributed by atoms with Crippen molar-refractivity contribution in [2.24, 2.45) is 5.16 Å². The fraction of sp³-hybridized carbons (Fsp3) is 0.500. The summed E-state index contributed by atoms with van der Waals surface area (Å²) in [6, 6.07) is 8.32. The predicted octanol–water partition coefficient (Wildman–Crippen LogP) is 4.70. The molecular formula is C20H27NO3. The Morgan fingerprint density at radius 3 is 2.46 bits per heavy atom. The molecule has 1 aliphatic carbocycles. The van der Waals surface area contributed by atoms with Crippen LogP contribution in [0.4, 0.5) is 0 Å². The smallest absolute Gasteiger partial charge is 0.168 e. The van der Waals surface area contributed by atoms with E-state index < -0.39 is 0 Å². The van der Waals surface area contributed by atoms with E-state index in [0.717, 1.165) is 18.4 Å². The first-order chi connectivity index (χ1) is 11.6. The lowest BCUT2D eigenvalue weighted by Crippen LogP contribution is -2.24. The monoisotopic (exact) mass is 329 g/mol. The quantitative estimate of drug-likeness (QED) is 0.582. The molecule has 2 rings (SSSR count). The van der Waals surface area contributed by atoms with Gasteiger partial charge in [-0.3, -0.25) is 4.79 Å². The van der Waals surface area contributed by atoms with Gasteiger partial charge in [-0.25, -0.2) is 0 Å². The number of aliphatic hydroxyl groups is 1. The lowest BCUT2D eigenvalue weighted by molar-refractivity contribution is -0.116. The molecule has 24 heavy (non-hydrogen) atoms. The number of benzene rings is 1. The second kappa shape index (κ2) is 8.67. The average Bonchev–Trinajstić information content (AvgIpc) is 2.59. The zero-order valence-corrected chi connectivity index (χ0v) is 14.8. The number of aliphatic hydroxyl groups excluding tert-OH is 1. The molecule has 1 atom stereocenters. The fourth-order valence-corrected chi connectivity index (χ4v) is 3.08. The van der Waals surface area contributed by atoms with E-state index in [9.17, 15) is 9.90 Å². The maximum absolute atomic E-state index is 12.6. The van der Waals surface area contributed by atoms with Crippen LogP contribution in [0, 0.1) is 0 Å². The Balaban J connectivity index is 2.25. The third-order valence-electron chi connectivity index (χ3n) is 4.38. The van der Waals surface area contributed by atoms with E-state index in [-0.39, 0.29) is 17.5 Å². The molecule has 1 aliphatic rings. The van der Waals surface area contributed by atoms with Gasteiger partial charge in [-0.1, -0.05) is 49.7 Å². The van der Waals surface area contributed by atoms with Crippen LogP contribution in [0.5, 0.6) is 0 Å². The van der Waals surface area contributed by atoms with Crippen LogP contribution in [0.3, 0.4) is 0 Å². The molecule has 4 nitrogen and oxygen atoms in total. The summed E-state index contributed by atoms with van der Waals surface area (Å²) >= 11 is 0. The van der Waals surface area contributed by atoms with Crippen molar-refractivity contribution in [1.29, 1.82) is 0 Å². The minimum atomic E-state index is -0.0461. The number of hydrogen-bond donors (Lipinski definition) is 1. The number of hydrogen-bond acceptors (Lipinski definition) is 4. The van der Waals surface area contributed by atoms with Gasteiger partial charge in [0.2, 0.25) is 0 Å². The van der Waals surface area contributed by atoms with E-state index in [4.69, 9.17) is 4.84 Å². The Bertz CT molecular complexity index is 629. The van der Waals surface area contributed by atoms with Gasteiger partial charge < -0.3 is 9.94 Å². The van der Waals surface area contributed by atoms with E-state index in [2.05, 4.69) is 36.3 Å². The van der Waals surface area contributed by atoms with Crippen LogP contribution in [0.15, 0.2) is 40.8 Å². The van der Waals surface area contributed by atoms with Crippen LogP contribution in [0.1, 0.15) is 63.5 Å². The van der Waals surface area contributed by atoms with Crippen LogP contribution >= 0.6 is 0 Å². The highest BCUT2D eigenvalue weighted by Gasteiger charge is 2.31. The SMILES string of the molecule is CCCC(=NOCC)C1=C(O)CC(c2ccc(CC)cc2)CC1=O. The van der Waals surface area contributed by atoms with Crippen LogP contribution < -0.4 is 0 Å². The molecule has 0 radical (unpaired) electrons. The Hall–Kier alpha value is -2.10. The molecule has 1 aromatic rings. The number of nitrogens with zero attached hydrogens (tertiary/aromatic N) is 1. The third kappa shape index (κ3) is 4.25. The van der Waals surface area contributed by atoms with Gasteiger partial charge in [0, 0.05) is 12.8 Å². The summed E-state index contributed by atoms with van der Waals surface area (Å²) in [4.78, 5) is 17.8. The highest BCUT2D eigenvalue weighted by molar-refractivity contribution is 6.23. The van der Waals surface area contributed by atoms with E-state index in [1.807, 2.05) is 13.8 Å². The highest BCUT2D eigenvalue weighted by Crippen LogP contribution is 2.34. The maximum Gasteiger partial charge on any atom is 0.168 e. The lowest BCUT2D eigenvalue weighted by atomic mass is 9.80.